The highest BCUT2D eigenvalue weighted by Crippen LogP contribution is 2.41. The third-order valence-corrected chi connectivity index (χ3v) is 4.73. The first-order valence-corrected chi connectivity index (χ1v) is 8.78. The van der Waals surface area contributed by atoms with Gasteiger partial charge < -0.3 is 14.8 Å². The number of carbonyl (C=O) groups excluding carboxylic acids is 2. The van der Waals surface area contributed by atoms with Crippen molar-refractivity contribution < 1.29 is 19.1 Å². The Morgan fingerprint density at radius 1 is 1.32 bits per heavy atom. The molecule has 2 atom stereocenters. The summed E-state index contributed by atoms with van der Waals surface area (Å²) in [5.41, 5.74) is 0.631. The van der Waals surface area contributed by atoms with E-state index in [0.29, 0.717) is 13.0 Å². The zero-order valence-electron chi connectivity index (χ0n) is 14.8. The third-order valence-electron chi connectivity index (χ3n) is 4.73. The number of allylic oxidation sites excluding steroid dienone is 1. The van der Waals surface area contributed by atoms with Gasteiger partial charge in [0.15, 0.2) is 0 Å². The summed E-state index contributed by atoms with van der Waals surface area (Å²) in [5.74, 6) is -0.285. The van der Waals surface area contributed by atoms with E-state index in [1.165, 1.54) is 6.92 Å². The van der Waals surface area contributed by atoms with Gasteiger partial charge in [0, 0.05) is 18.9 Å². The maximum atomic E-state index is 12.1. The van der Waals surface area contributed by atoms with Gasteiger partial charge in [-0.3, -0.25) is 4.79 Å². The molecule has 0 unspecified atom stereocenters. The second-order valence-electron chi connectivity index (χ2n) is 6.61. The first kappa shape index (κ1) is 19.0. The van der Waals surface area contributed by atoms with E-state index in [0.717, 1.165) is 31.2 Å². The largest absolute Gasteiger partial charge is 0.462 e. The lowest BCUT2D eigenvalue weighted by atomic mass is 9.69. The molecule has 1 aromatic carbocycles. The average molecular weight is 345 g/mol. The SMILES string of the molecule is C=CC[C@]1(CNC(=O)OCc2ccccc2)CCCC[C@@H]1OC(C)=O. The fourth-order valence-electron chi connectivity index (χ4n) is 3.48. The van der Waals surface area contributed by atoms with E-state index < -0.39 is 6.09 Å². The van der Waals surface area contributed by atoms with Crippen LogP contribution >= 0.6 is 0 Å². The Morgan fingerprint density at radius 2 is 2.08 bits per heavy atom. The van der Waals surface area contributed by atoms with Crippen molar-refractivity contribution in [2.24, 2.45) is 5.41 Å². The minimum absolute atomic E-state index is 0.203. The van der Waals surface area contributed by atoms with Crippen LogP contribution in [0.3, 0.4) is 0 Å². The van der Waals surface area contributed by atoms with Crippen LogP contribution in [0.15, 0.2) is 43.0 Å². The minimum Gasteiger partial charge on any atom is -0.462 e. The van der Waals surface area contributed by atoms with Crippen molar-refractivity contribution in [2.45, 2.75) is 51.7 Å². The van der Waals surface area contributed by atoms with Gasteiger partial charge in [-0.05, 0) is 31.2 Å². The number of amides is 1. The normalized spacial score (nSPS) is 22.7. The van der Waals surface area contributed by atoms with E-state index in [4.69, 9.17) is 9.47 Å². The highest BCUT2D eigenvalue weighted by atomic mass is 16.6. The van der Waals surface area contributed by atoms with Crippen LogP contribution in [0.2, 0.25) is 0 Å². The molecule has 0 aliphatic heterocycles. The maximum Gasteiger partial charge on any atom is 0.407 e. The van der Waals surface area contributed by atoms with Crippen molar-refractivity contribution in [1.29, 1.82) is 0 Å². The second kappa shape index (κ2) is 9.25. The Morgan fingerprint density at radius 3 is 2.76 bits per heavy atom. The fraction of sp³-hybridized carbons (Fsp3) is 0.500. The van der Waals surface area contributed by atoms with Crippen LogP contribution in [-0.2, 0) is 20.9 Å². The van der Waals surface area contributed by atoms with Gasteiger partial charge in [-0.2, -0.15) is 0 Å². The van der Waals surface area contributed by atoms with Crippen LogP contribution in [0.5, 0.6) is 0 Å². The fourth-order valence-corrected chi connectivity index (χ4v) is 3.48. The summed E-state index contributed by atoms with van der Waals surface area (Å²) in [6.45, 7) is 5.90. The first-order valence-electron chi connectivity index (χ1n) is 8.78. The first-order chi connectivity index (χ1) is 12.1. The Kier molecular flexibility index (Phi) is 7.04. The summed E-state index contributed by atoms with van der Waals surface area (Å²) in [5, 5.41) is 2.85. The van der Waals surface area contributed by atoms with Gasteiger partial charge in [0.05, 0.1) is 0 Å². The monoisotopic (exact) mass is 345 g/mol. The molecule has 136 valence electrons. The standard InChI is InChI=1S/C20H27NO4/c1-3-12-20(13-8-7-11-18(20)25-16(2)22)15-21-19(23)24-14-17-9-5-4-6-10-17/h3-6,9-10,18H,1,7-8,11-15H2,2H3,(H,21,23)/t18-,20+/m0/s1. The number of rotatable bonds is 7. The summed E-state index contributed by atoms with van der Waals surface area (Å²) in [4.78, 5) is 23.5. The van der Waals surface area contributed by atoms with Gasteiger partial charge in [0.2, 0.25) is 0 Å². The maximum absolute atomic E-state index is 12.1. The van der Waals surface area contributed by atoms with E-state index >= 15 is 0 Å². The zero-order chi connectivity index (χ0) is 18.1. The molecule has 1 fully saturated rings. The van der Waals surface area contributed by atoms with Gasteiger partial charge in [-0.1, -0.05) is 42.8 Å². The van der Waals surface area contributed by atoms with Crippen LogP contribution in [0.1, 0.15) is 44.6 Å². The molecule has 5 nitrogen and oxygen atoms in total. The van der Waals surface area contributed by atoms with Crippen molar-refractivity contribution in [1.82, 2.24) is 5.32 Å². The smallest absolute Gasteiger partial charge is 0.407 e. The van der Waals surface area contributed by atoms with Crippen LogP contribution in [-0.4, -0.2) is 24.7 Å². The number of nitrogens with one attached hydrogen (secondary N) is 1. The highest BCUT2D eigenvalue weighted by molar-refractivity contribution is 5.67. The lowest BCUT2D eigenvalue weighted by Crippen LogP contribution is -2.48. The molecule has 1 amide bonds. The number of esters is 1. The topological polar surface area (TPSA) is 64.6 Å². The zero-order valence-corrected chi connectivity index (χ0v) is 14.8. The Labute approximate surface area is 149 Å². The van der Waals surface area contributed by atoms with Gasteiger partial charge in [-0.15, -0.1) is 6.58 Å². The van der Waals surface area contributed by atoms with E-state index in [-0.39, 0.29) is 24.1 Å². The molecule has 25 heavy (non-hydrogen) atoms. The Hall–Kier alpha value is -2.30. The van der Waals surface area contributed by atoms with Crippen molar-refractivity contribution in [3.8, 4) is 0 Å². The summed E-state index contributed by atoms with van der Waals surface area (Å²) < 4.78 is 10.8. The summed E-state index contributed by atoms with van der Waals surface area (Å²) in [7, 11) is 0. The minimum atomic E-state index is -0.459. The highest BCUT2D eigenvalue weighted by Gasteiger charge is 2.42. The van der Waals surface area contributed by atoms with Crippen molar-refractivity contribution in [2.75, 3.05) is 6.54 Å². The number of alkyl carbamates (subject to hydrolysis) is 1. The van der Waals surface area contributed by atoms with Gasteiger partial charge in [0.25, 0.3) is 0 Å². The van der Waals surface area contributed by atoms with E-state index in [1.54, 1.807) is 0 Å². The molecule has 0 bridgehead atoms. The molecule has 0 radical (unpaired) electrons. The van der Waals surface area contributed by atoms with Crippen LogP contribution in [0, 0.1) is 5.41 Å². The van der Waals surface area contributed by atoms with Crippen LogP contribution in [0.4, 0.5) is 4.79 Å². The van der Waals surface area contributed by atoms with Crippen LogP contribution in [0.25, 0.3) is 0 Å². The molecule has 0 aromatic heterocycles. The molecule has 1 saturated carbocycles. The molecule has 0 spiro atoms. The summed E-state index contributed by atoms with van der Waals surface area (Å²) >= 11 is 0. The van der Waals surface area contributed by atoms with Crippen molar-refractivity contribution in [3.63, 3.8) is 0 Å². The number of hydrogen-bond donors (Lipinski definition) is 1. The molecule has 1 N–H and O–H groups in total. The van der Waals surface area contributed by atoms with E-state index in [1.807, 2.05) is 36.4 Å². The number of ether oxygens (including phenoxy) is 2. The Bertz CT molecular complexity index is 587. The summed E-state index contributed by atoms with van der Waals surface area (Å²) in [6, 6.07) is 9.54. The second-order valence-corrected chi connectivity index (χ2v) is 6.61. The average Bonchev–Trinajstić information content (AvgIpc) is 2.61. The van der Waals surface area contributed by atoms with Gasteiger partial charge >= 0.3 is 12.1 Å². The van der Waals surface area contributed by atoms with Gasteiger partial charge in [-0.25, -0.2) is 4.79 Å². The number of benzene rings is 1. The molecular weight excluding hydrogens is 318 g/mol. The molecule has 2 rings (SSSR count). The molecular formula is C20H27NO4. The molecule has 0 saturated heterocycles. The third kappa shape index (κ3) is 5.62. The lowest BCUT2D eigenvalue weighted by Gasteiger charge is -2.42. The number of carbonyl (C=O) groups is 2. The Balaban J connectivity index is 1.93. The van der Waals surface area contributed by atoms with Crippen molar-refractivity contribution >= 4 is 12.1 Å². The predicted octanol–water partition coefficient (Wildman–Crippen LogP) is 3.98. The molecule has 1 aliphatic rings. The molecule has 5 heteroatoms. The lowest BCUT2D eigenvalue weighted by molar-refractivity contribution is -0.156. The van der Waals surface area contributed by atoms with Crippen molar-refractivity contribution in [3.05, 3.63) is 48.6 Å². The van der Waals surface area contributed by atoms with Crippen LogP contribution < -0.4 is 5.32 Å². The van der Waals surface area contributed by atoms with Gasteiger partial charge in [0.1, 0.15) is 12.7 Å². The number of hydrogen-bond acceptors (Lipinski definition) is 4. The quantitative estimate of drug-likeness (QED) is 0.600. The summed E-state index contributed by atoms with van der Waals surface area (Å²) in [6.07, 6.45) is 5.62. The van der Waals surface area contributed by atoms with E-state index in [9.17, 15) is 9.59 Å². The van der Waals surface area contributed by atoms with E-state index in [2.05, 4.69) is 11.9 Å². The predicted molar refractivity (Wildman–Crippen MR) is 95.9 cm³/mol. The molecule has 1 aliphatic carbocycles. The molecule has 1 aromatic rings. The molecule has 0 heterocycles.